The van der Waals surface area contributed by atoms with E-state index in [0.717, 1.165) is 35.2 Å². The number of nitrogens with one attached hydrogen (secondary N) is 1. The van der Waals surface area contributed by atoms with E-state index in [1.807, 2.05) is 6.92 Å². The zero-order chi connectivity index (χ0) is 22.8. The van der Waals surface area contributed by atoms with Crippen LogP contribution >= 0.6 is 0 Å². The minimum Gasteiger partial charge on any atom is -0.494 e. The first-order chi connectivity index (χ1) is 15.4. The van der Waals surface area contributed by atoms with Crippen LogP contribution in [-0.4, -0.2) is 18.4 Å². The molecule has 0 saturated carbocycles. The van der Waals surface area contributed by atoms with Gasteiger partial charge in [-0.15, -0.1) is 0 Å². The molecule has 1 aliphatic heterocycles. The summed E-state index contributed by atoms with van der Waals surface area (Å²) in [5.74, 6) is -3.78. The van der Waals surface area contributed by atoms with E-state index in [0.29, 0.717) is 23.6 Å². The first-order valence-electron chi connectivity index (χ1n) is 9.73. The molecule has 0 radical (unpaired) electrons. The lowest BCUT2D eigenvalue weighted by Crippen LogP contribution is -2.32. The summed E-state index contributed by atoms with van der Waals surface area (Å²) >= 11 is 0. The quantitative estimate of drug-likeness (QED) is 0.557. The number of hydrogen-bond donors (Lipinski definition) is 1. The molecule has 0 unspecified atom stereocenters. The molecule has 0 saturated heterocycles. The van der Waals surface area contributed by atoms with E-state index >= 15 is 0 Å². The Morgan fingerprint density at radius 3 is 2.31 bits per heavy atom. The number of benzene rings is 3. The Morgan fingerprint density at radius 1 is 0.875 bits per heavy atom. The minimum absolute atomic E-state index is 0.0263. The van der Waals surface area contributed by atoms with Crippen molar-refractivity contribution in [3.63, 3.8) is 0 Å². The fourth-order valence-electron chi connectivity index (χ4n) is 3.36. The SMILES string of the molecule is CCOc1cccc(NC2=C(c3ccc(F)cc3)C(=O)N(c3ccc(F)c(F)c3)C2=O)c1. The highest BCUT2D eigenvalue weighted by atomic mass is 19.2. The number of ether oxygens (including phenoxy) is 1. The summed E-state index contributed by atoms with van der Waals surface area (Å²) in [5.41, 5.74) is 0.525. The second-order valence-corrected chi connectivity index (χ2v) is 6.89. The van der Waals surface area contributed by atoms with Crippen LogP contribution < -0.4 is 15.0 Å². The highest BCUT2D eigenvalue weighted by molar-refractivity contribution is 6.46. The Kier molecular flexibility index (Phi) is 5.68. The van der Waals surface area contributed by atoms with Gasteiger partial charge in [0.1, 0.15) is 17.3 Å². The number of nitrogens with zero attached hydrogens (tertiary/aromatic N) is 1. The fourth-order valence-corrected chi connectivity index (χ4v) is 3.36. The maximum atomic E-state index is 13.8. The lowest BCUT2D eigenvalue weighted by Gasteiger charge is -2.15. The molecular formula is C24H17F3N2O3. The predicted molar refractivity (Wildman–Crippen MR) is 113 cm³/mol. The van der Waals surface area contributed by atoms with E-state index in [-0.39, 0.29) is 17.0 Å². The fraction of sp³-hybridized carbons (Fsp3) is 0.0833. The molecule has 3 aromatic rings. The van der Waals surface area contributed by atoms with Gasteiger partial charge >= 0.3 is 0 Å². The van der Waals surface area contributed by atoms with Crippen molar-refractivity contribution in [3.05, 3.63) is 95.4 Å². The predicted octanol–water partition coefficient (Wildman–Crippen LogP) is 4.90. The molecular weight excluding hydrogens is 421 g/mol. The van der Waals surface area contributed by atoms with Crippen molar-refractivity contribution in [2.75, 3.05) is 16.8 Å². The van der Waals surface area contributed by atoms with Crippen molar-refractivity contribution in [2.45, 2.75) is 6.92 Å². The molecule has 0 fully saturated rings. The molecule has 32 heavy (non-hydrogen) atoms. The summed E-state index contributed by atoms with van der Waals surface area (Å²) in [5, 5.41) is 2.93. The molecule has 5 nitrogen and oxygen atoms in total. The average Bonchev–Trinajstić information content (AvgIpc) is 3.01. The van der Waals surface area contributed by atoms with Crippen molar-refractivity contribution >= 4 is 28.8 Å². The lowest BCUT2D eigenvalue weighted by molar-refractivity contribution is -0.120. The molecule has 0 aliphatic carbocycles. The third-order valence-corrected chi connectivity index (χ3v) is 4.79. The highest BCUT2D eigenvalue weighted by Gasteiger charge is 2.40. The average molecular weight is 438 g/mol. The Labute approximate surface area is 181 Å². The van der Waals surface area contributed by atoms with Crippen LogP contribution in [0.15, 0.2) is 72.4 Å². The molecule has 8 heteroatoms. The van der Waals surface area contributed by atoms with E-state index in [9.17, 15) is 22.8 Å². The number of imide groups is 1. The summed E-state index contributed by atoms with van der Waals surface area (Å²) in [6, 6.07) is 14.6. The van der Waals surface area contributed by atoms with Crippen LogP contribution in [0.2, 0.25) is 0 Å². The normalized spacial score (nSPS) is 13.7. The van der Waals surface area contributed by atoms with Gasteiger partial charge in [0.2, 0.25) is 0 Å². The Hall–Kier alpha value is -4.07. The molecule has 3 aromatic carbocycles. The molecule has 0 atom stereocenters. The Balaban J connectivity index is 1.80. The second kappa shape index (κ2) is 8.58. The van der Waals surface area contributed by atoms with Crippen molar-refractivity contribution in [3.8, 4) is 5.75 Å². The van der Waals surface area contributed by atoms with Gasteiger partial charge in [0, 0.05) is 17.8 Å². The van der Waals surface area contributed by atoms with Gasteiger partial charge in [-0.2, -0.15) is 0 Å². The van der Waals surface area contributed by atoms with Crippen LogP contribution in [-0.2, 0) is 9.59 Å². The smallest absolute Gasteiger partial charge is 0.282 e. The van der Waals surface area contributed by atoms with Crippen LogP contribution in [0.5, 0.6) is 5.75 Å². The monoisotopic (exact) mass is 438 g/mol. The van der Waals surface area contributed by atoms with Crippen molar-refractivity contribution in [1.82, 2.24) is 0 Å². The Bertz CT molecular complexity index is 1240. The van der Waals surface area contributed by atoms with Crippen LogP contribution in [0.3, 0.4) is 0 Å². The topological polar surface area (TPSA) is 58.6 Å². The summed E-state index contributed by atoms with van der Waals surface area (Å²) in [6.07, 6.45) is 0. The molecule has 2 amide bonds. The van der Waals surface area contributed by atoms with E-state index in [2.05, 4.69) is 5.32 Å². The maximum Gasteiger partial charge on any atom is 0.282 e. The minimum atomic E-state index is -1.20. The van der Waals surface area contributed by atoms with Gasteiger partial charge in [0.25, 0.3) is 11.8 Å². The van der Waals surface area contributed by atoms with E-state index < -0.39 is 29.3 Å². The van der Waals surface area contributed by atoms with Gasteiger partial charge < -0.3 is 10.1 Å². The number of carbonyl (C=O) groups is 2. The first kappa shape index (κ1) is 21.2. The van der Waals surface area contributed by atoms with Gasteiger partial charge in [-0.05, 0) is 48.9 Å². The Morgan fingerprint density at radius 2 is 1.62 bits per heavy atom. The number of amides is 2. The lowest BCUT2D eigenvalue weighted by atomic mass is 10.0. The summed E-state index contributed by atoms with van der Waals surface area (Å²) in [7, 11) is 0. The third-order valence-electron chi connectivity index (χ3n) is 4.79. The molecule has 0 bridgehead atoms. The number of rotatable bonds is 6. The molecule has 4 rings (SSSR count). The van der Waals surface area contributed by atoms with Crippen LogP contribution in [0.4, 0.5) is 24.5 Å². The van der Waals surface area contributed by atoms with Crippen LogP contribution in [0.25, 0.3) is 5.57 Å². The molecule has 1 N–H and O–H groups in total. The van der Waals surface area contributed by atoms with Gasteiger partial charge in [0.15, 0.2) is 11.6 Å². The second-order valence-electron chi connectivity index (χ2n) is 6.89. The number of hydrogen-bond acceptors (Lipinski definition) is 4. The van der Waals surface area contributed by atoms with Crippen molar-refractivity contribution < 1.29 is 27.5 Å². The van der Waals surface area contributed by atoms with E-state index in [4.69, 9.17) is 4.74 Å². The van der Waals surface area contributed by atoms with Crippen LogP contribution in [0.1, 0.15) is 12.5 Å². The van der Waals surface area contributed by atoms with Crippen molar-refractivity contribution in [1.29, 1.82) is 0 Å². The van der Waals surface area contributed by atoms with Gasteiger partial charge in [0.05, 0.1) is 17.9 Å². The maximum absolute atomic E-state index is 13.8. The highest BCUT2D eigenvalue weighted by Crippen LogP contribution is 2.34. The molecule has 0 aromatic heterocycles. The third kappa shape index (κ3) is 3.94. The van der Waals surface area contributed by atoms with Gasteiger partial charge in [-0.25, -0.2) is 18.1 Å². The summed E-state index contributed by atoms with van der Waals surface area (Å²) in [6.45, 7) is 2.27. The summed E-state index contributed by atoms with van der Waals surface area (Å²) < 4.78 is 46.1. The number of halogens is 3. The largest absolute Gasteiger partial charge is 0.494 e. The molecule has 162 valence electrons. The molecule has 0 spiro atoms. The first-order valence-corrected chi connectivity index (χ1v) is 9.73. The molecule has 1 aliphatic rings. The molecule has 1 heterocycles. The summed E-state index contributed by atoms with van der Waals surface area (Å²) in [4.78, 5) is 27.2. The standard InChI is InChI=1S/C24H17F3N2O3/c1-2-32-18-5-3-4-16(12-18)28-22-21(14-6-8-15(25)9-7-14)23(30)29(24(22)31)17-10-11-19(26)20(27)13-17/h3-13,28H,2H2,1H3. The van der Waals surface area contributed by atoms with E-state index in [1.54, 1.807) is 24.3 Å². The number of anilines is 2. The van der Waals surface area contributed by atoms with E-state index in [1.165, 1.54) is 12.1 Å². The zero-order valence-corrected chi connectivity index (χ0v) is 16.9. The zero-order valence-electron chi connectivity index (χ0n) is 16.9. The number of carbonyl (C=O) groups excluding carboxylic acids is 2. The van der Waals surface area contributed by atoms with Gasteiger partial charge in [-0.3, -0.25) is 9.59 Å². The van der Waals surface area contributed by atoms with Crippen molar-refractivity contribution in [2.24, 2.45) is 0 Å². The van der Waals surface area contributed by atoms with Gasteiger partial charge in [-0.1, -0.05) is 18.2 Å². The van der Waals surface area contributed by atoms with Crippen LogP contribution in [0, 0.1) is 17.5 Å².